The Balaban J connectivity index is 1.19. The maximum absolute atomic E-state index is 13.6. The summed E-state index contributed by atoms with van der Waals surface area (Å²) in [6.45, 7) is 5.63. The van der Waals surface area contributed by atoms with E-state index < -0.39 is 0 Å². The number of methoxy groups -OCH3 is 1. The molecular weight excluding hydrogens is 474 g/mol. The third-order valence-corrected chi connectivity index (χ3v) is 9.10. The highest BCUT2D eigenvalue weighted by Crippen LogP contribution is 2.60. The Morgan fingerprint density at radius 2 is 1.92 bits per heavy atom. The van der Waals surface area contributed by atoms with Crippen molar-refractivity contribution in [2.75, 3.05) is 25.5 Å². The van der Waals surface area contributed by atoms with E-state index in [-0.39, 0.29) is 11.4 Å². The molecule has 0 radical (unpaired) electrons. The monoisotopic (exact) mass is 503 g/mol. The molecule has 4 aliphatic rings. The summed E-state index contributed by atoms with van der Waals surface area (Å²) in [5.74, 6) is 3.46. The van der Waals surface area contributed by atoms with Gasteiger partial charge in [-0.15, -0.1) is 0 Å². The predicted molar refractivity (Wildman–Crippen MR) is 141 cm³/mol. The van der Waals surface area contributed by atoms with Crippen molar-refractivity contribution in [3.05, 3.63) is 70.7 Å². The summed E-state index contributed by atoms with van der Waals surface area (Å²) >= 11 is 6.75. The standard InChI is InChI=1S/C29H30ClN3O3/c1-16-31-26-21(30)12-17-13-23(36-27(17)25(26)29(32-16)10-6-3-7-11-29)28(34)33-14-19-20(15-33)24(19)18-8-4-5-9-22(18)35-2/h4-5,8-9,12-13,19-20,24,31-32H,1,3,6-7,10-11,14-15H2,2H3/t19-,20+,24+. The first-order chi connectivity index (χ1) is 17.5. The van der Waals surface area contributed by atoms with Crippen LogP contribution in [0.15, 0.2) is 53.2 Å². The highest BCUT2D eigenvalue weighted by Gasteiger charge is 2.58. The molecule has 3 aromatic rings. The maximum atomic E-state index is 13.6. The van der Waals surface area contributed by atoms with Crippen LogP contribution in [0, 0.1) is 11.8 Å². The van der Waals surface area contributed by atoms with Crippen LogP contribution >= 0.6 is 11.6 Å². The Bertz CT molecular complexity index is 1390. The Kier molecular flexibility index (Phi) is 4.88. The van der Waals surface area contributed by atoms with Crippen LogP contribution in [0.4, 0.5) is 5.69 Å². The molecule has 1 amide bonds. The van der Waals surface area contributed by atoms with Gasteiger partial charge in [-0.2, -0.15) is 0 Å². The van der Waals surface area contributed by atoms with Crippen molar-refractivity contribution in [3.63, 3.8) is 0 Å². The first kappa shape index (κ1) is 22.1. The minimum Gasteiger partial charge on any atom is -0.496 e. The molecule has 6 nitrogen and oxygen atoms in total. The van der Waals surface area contributed by atoms with E-state index in [1.54, 1.807) is 7.11 Å². The average molecular weight is 504 g/mol. The van der Waals surface area contributed by atoms with Gasteiger partial charge in [-0.05, 0) is 54.4 Å². The minimum absolute atomic E-state index is 0.0409. The van der Waals surface area contributed by atoms with E-state index in [9.17, 15) is 4.79 Å². The molecule has 3 fully saturated rings. The molecule has 7 heteroatoms. The van der Waals surface area contributed by atoms with Crippen molar-refractivity contribution in [3.8, 4) is 5.75 Å². The molecule has 186 valence electrons. The maximum Gasteiger partial charge on any atom is 0.289 e. The molecule has 1 spiro atoms. The number of likely N-dealkylation sites (tertiary alicyclic amines) is 1. The average Bonchev–Trinajstić information content (AvgIpc) is 3.18. The molecule has 0 unspecified atom stereocenters. The lowest BCUT2D eigenvalue weighted by atomic mass is 9.74. The van der Waals surface area contributed by atoms with Crippen molar-refractivity contribution in [2.24, 2.45) is 11.8 Å². The van der Waals surface area contributed by atoms with Crippen LogP contribution in [0.2, 0.25) is 5.02 Å². The van der Waals surface area contributed by atoms with E-state index in [1.165, 1.54) is 12.0 Å². The van der Waals surface area contributed by atoms with Crippen LogP contribution in [0.3, 0.4) is 0 Å². The van der Waals surface area contributed by atoms with Crippen LogP contribution in [0.5, 0.6) is 5.75 Å². The smallest absolute Gasteiger partial charge is 0.289 e. The van der Waals surface area contributed by atoms with Crippen LogP contribution in [0.25, 0.3) is 11.0 Å². The quantitative estimate of drug-likeness (QED) is 0.443. The van der Waals surface area contributed by atoms with Gasteiger partial charge in [0.1, 0.15) is 11.3 Å². The molecular formula is C29H30ClN3O3. The molecule has 3 atom stereocenters. The molecule has 7 rings (SSSR count). The number of anilines is 1. The van der Waals surface area contributed by atoms with Crippen molar-refractivity contribution in [1.82, 2.24) is 10.2 Å². The highest BCUT2D eigenvalue weighted by molar-refractivity contribution is 6.34. The number of hydrogen-bond donors (Lipinski definition) is 2. The van der Waals surface area contributed by atoms with Crippen LogP contribution in [0.1, 0.15) is 59.7 Å². The molecule has 2 saturated carbocycles. The Hall–Kier alpha value is -3.12. The third kappa shape index (κ3) is 3.20. The van der Waals surface area contributed by atoms with Gasteiger partial charge in [-0.25, -0.2) is 0 Å². The number of nitrogens with zero attached hydrogens (tertiary/aromatic N) is 1. The summed E-state index contributed by atoms with van der Waals surface area (Å²) in [6, 6.07) is 12.0. The van der Waals surface area contributed by atoms with E-state index in [4.69, 9.17) is 20.8 Å². The Morgan fingerprint density at radius 1 is 1.17 bits per heavy atom. The zero-order valence-electron chi connectivity index (χ0n) is 20.4. The molecule has 2 N–H and O–H groups in total. The zero-order valence-corrected chi connectivity index (χ0v) is 21.2. The number of carbonyl (C=O) groups excluding carboxylic acids is 1. The van der Waals surface area contributed by atoms with Gasteiger partial charge in [0.25, 0.3) is 5.91 Å². The molecule has 36 heavy (non-hydrogen) atoms. The van der Waals surface area contributed by atoms with Crippen molar-refractivity contribution >= 4 is 34.2 Å². The van der Waals surface area contributed by atoms with Gasteiger partial charge in [-0.1, -0.05) is 55.6 Å². The minimum atomic E-state index is -0.269. The number of para-hydroxylation sites is 1. The summed E-state index contributed by atoms with van der Waals surface area (Å²) in [6.07, 6.45) is 5.45. The Labute approximate surface area is 215 Å². The molecule has 2 aromatic carbocycles. The number of piperidine rings is 1. The SMILES string of the molecule is C=C1Nc2c(Cl)cc3cc(C(=O)N4C[C@@H]5[C@H](C4)[C@H]5c4ccccc4OC)oc3c2C2(CCCCC2)N1. The van der Waals surface area contributed by atoms with E-state index in [2.05, 4.69) is 29.3 Å². The van der Waals surface area contributed by atoms with Crippen LogP contribution in [-0.2, 0) is 5.54 Å². The number of hydrogen-bond acceptors (Lipinski definition) is 5. The van der Waals surface area contributed by atoms with E-state index >= 15 is 0 Å². The van der Waals surface area contributed by atoms with Crippen LogP contribution < -0.4 is 15.4 Å². The molecule has 2 aliphatic heterocycles. The van der Waals surface area contributed by atoms with Gasteiger partial charge in [0, 0.05) is 24.0 Å². The molecule has 0 bridgehead atoms. The number of rotatable bonds is 3. The first-order valence-electron chi connectivity index (χ1n) is 12.9. The van der Waals surface area contributed by atoms with Gasteiger partial charge in [0.05, 0.1) is 29.2 Å². The summed E-state index contributed by atoms with van der Waals surface area (Å²) in [7, 11) is 1.72. The number of furan rings is 1. The molecule has 2 aliphatic carbocycles. The number of amides is 1. The fraction of sp³-hybridized carbons (Fsp3) is 0.414. The van der Waals surface area contributed by atoms with E-state index in [0.29, 0.717) is 28.5 Å². The van der Waals surface area contributed by atoms with Crippen molar-refractivity contribution < 1.29 is 13.9 Å². The van der Waals surface area contributed by atoms with Crippen molar-refractivity contribution in [2.45, 2.75) is 43.6 Å². The number of benzene rings is 2. The number of fused-ring (bicyclic) bond motifs is 5. The Morgan fingerprint density at radius 3 is 2.67 bits per heavy atom. The normalized spacial score (nSPS) is 25.8. The summed E-state index contributed by atoms with van der Waals surface area (Å²) < 4.78 is 12.0. The van der Waals surface area contributed by atoms with E-state index in [0.717, 1.165) is 72.6 Å². The lowest BCUT2D eigenvalue weighted by Crippen LogP contribution is -2.48. The fourth-order valence-electron chi connectivity index (χ4n) is 7.15. The topological polar surface area (TPSA) is 66.7 Å². The molecule has 3 heterocycles. The van der Waals surface area contributed by atoms with E-state index in [1.807, 2.05) is 29.2 Å². The molecule has 1 aromatic heterocycles. The third-order valence-electron chi connectivity index (χ3n) is 8.80. The van der Waals surface area contributed by atoms with Gasteiger partial charge in [0.2, 0.25) is 0 Å². The number of halogens is 1. The highest BCUT2D eigenvalue weighted by atomic mass is 35.5. The van der Waals surface area contributed by atoms with Gasteiger partial charge in [0.15, 0.2) is 5.76 Å². The van der Waals surface area contributed by atoms with Gasteiger partial charge >= 0.3 is 0 Å². The van der Waals surface area contributed by atoms with Gasteiger partial charge in [-0.3, -0.25) is 4.79 Å². The van der Waals surface area contributed by atoms with Gasteiger partial charge < -0.3 is 24.7 Å². The fourth-order valence-corrected chi connectivity index (χ4v) is 7.41. The summed E-state index contributed by atoms with van der Waals surface area (Å²) in [5, 5.41) is 8.44. The van der Waals surface area contributed by atoms with Crippen molar-refractivity contribution in [1.29, 1.82) is 0 Å². The second-order valence-corrected chi connectivity index (χ2v) is 11.2. The zero-order chi connectivity index (χ0) is 24.6. The predicted octanol–water partition coefficient (Wildman–Crippen LogP) is 6.23. The lowest BCUT2D eigenvalue weighted by Gasteiger charge is -2.44. The lowest BCUT2D eigenvalue weighted by molar-refractivity contribution is 0.0743. The number of nitrogens with one attached hydrogen (secondary N) is 2. The van der Waals surface area contributed by atoms with Crippen LogP contribution in [-0.4, -0.2) is 31.0 Å². The summed E-state index contributed by atoms with van der Waals surface area (Å²) in [4.78, 5) is 15.5. The molecule has 1 saturated heterocycles. The number of ether oxygens (including phenoxy) is 1. The summed E-state index contributed by atoms with van der Waals surface area (Å²) in [5.41, 5.74) is 3.63. The second kappa shape index (κ2) is 7.94. The largest absolute Gasteiger partial charge is 0.496 e. The first-order valence-corrected chi connectivity index (χ1v) is 13.3. The second-order valence-electron chi connectivity index (χ2n) is 10.8. The number of carbonyl (C=O) groups is 1.